The fourth-order valence-electron chi connectivity index (χ4n) is 3.50. The standard InChI is InChI=1S/C18H34N6O.2ClH/c1-4-12-23(13-5-2)14-6-9-20-18(25)17-15(3)24(22-21-17)16-7-10-19-11-8-16;;/h16,19H,4-14H2,1-3H3,(H,20,25);2*1H. The number of aromatic nitrogens is 3. The van der Waals surface area contributed by atoms with Gasteiger partial charge in [0.2, 0.25) is 0 Å². The predicted octanol–water partition coefficient (Wildman–Crippen LogP) is 2.60. The number of rotatable bonds is 10. The average molecular weight is 423 g/mol. The van der Waals surface area contributed by atoms with Gasteiger partial charge in [-0.25, -0.2) is 4.68 Å². The maximum atomic E-state index is 12.4. The van der Waals surface area contributed by atoms with Gasteiger partial charge in [0.1, 0.15) is 0 Å². The van der Waals surface area contributed by atoms with E-state index in [4.69, 9.17) is 0 Å². The molecule has 1 aromatic rings. The largest absolute Gasteiger partial charge is 0.351 e. The second-order valence-corrected chi connectivity index (χ2v) is 6.90. The van der Waals surface area contributed by atoms with Crippen molar-refractivity contribution in [2.45, 2.75) is 58.9 Å². The van der Waals surface area contributed by atoms with Crippen LogP contribution in [0.3, 0.4) is 0 Å². The minimum atomic E-state index is -0.102. The number of nitrogens with one attached hydrogen (secondary N) is 2. The maximum Gasteiger partial charge on any atom is 0.273 e. The first-order chi connectivity index (χ1) is 12.2. The lowest BCUT2D eigenvalue weighted by atomic mass is 10.1. The third-order valence-electron chi connectivity index (χ3n) is 4.81. The summed E-state index contributed by atoms with van der Waals surface area (Å²) in [6.07, 6.45) is 5.38. The molecular weight excluding hydrogens is 387 g/mol. The SMILES string of the molecule is CCCN(CCC)CCCNC(=O)c1nnn(C2CCNCC2)c1C.Cl.Cl. The average Bonchev–Trinajstić information content (AvgIpc) is 3.01. The third-order valence-corrected chi connectivity index (χ3v) is 4.81. The summed E-state index contributed by atoms with van der Waals surface area (Å²) < 4.78 is 1.93. The van der Waals surface area contributed by atoms with E-state index in [1.807, 2.05) is 11.6 Å². The van der Waals surface area contributed by atoms with Crippen LogP contribution in [0.4, 0.5) is 0 Å². The number of amides is 1. The smallest absolute Gasteiger partial charge is 0.273 e. The van der Waals surface area contributed by atoms with Crippen LogP contribution in [0.25, 0.3) is 0 Å². The van der Waals surface area contributed by atoms with Crippen LogP contribution in [0.2, 0.25) is 0 Å². The van der Waals surface area contributed by atoms with E-state index in [1.54, 1.807) is 0 Å². The molecule has 9 heteroatoms. The Morgan fingerprint density at radius 1 is 1.19 bits per heavy atom. The number of hydrogen-bond acceptors (Lipinski definition) is 5. The molecule has 0 aliphatic carbocycles. The van der Waals surface area contributed by atoms with Gasteiger partial charge >= 0.3 is 0 Å². The van der Waals surface area contributed by atoms with Gasteiger partial charge in [-0.15, -0.1) is 29.9 Å². The van der Waals surface area contributed by atoms with Gasteiger partial charge in [-0.1, -0.05) is 19.1 Å². The normalized spacial score (nSPS) is 14.5. The summed E-state index contributed by atoms with van der Waals surface area (Å²) in [7, 11) is 0. The van der Waals surface area contributed by atoms with E-state index in [9.17, 15) is 4.79 Å². The van der Waals surface area contributed by atoms with E-state index in [0.29, 0.717) is 18.3 Å². The summed E-state index contributed by atoms with van der Waals surface area (Å²) in [6.45, 7) is 12.3. The topological polar surface area (TPSA) is 75.1 Å². The van der Waals surface area contributed by atoms with E-state index in [1.165, 1.54) is 12.8 Å². The Kier molecular flexibility index (Phi) is 13.7. The Morgan fingerprint density at radius 3 is 2.41 bits per heavy atom. The summed E-state index contributed by atoms with van der Waals surface area (Å²) in [4.78, 5) is 14.9. The summed E-state index contributed by atoms with van der Waals surface area (Å²) in [6, 6.07) is 0.354. The Balaban J connectivity index is 0.00000338. The highest BCUT2D eigenvalue weighted by atomic mass is 35.5. The van der Waals surface area contributed by atoms with Crippen molar-refractivity contribution in [2.75, 3.05) is 39.3 Å². The molecule has 1 aromatic heterocycles. The zero-order valence-corrected chi connectivity index (χ0v) is 18.5. The van der Waals surface area contributed by atoms with Crippen molar-refractivity contribution in [2.24, 2.45) is 0 Å². The number of carbonyl (C=O) groups excluding carboxylic acids is 1. The van der Waals surface area contributed by atoms with Gasteiger partial charge in [-0.2, -0.15) is 0 Å². The van der Waals surface area contributed by atoms with Gasteiger partial charge < -0.3 is 15.5 Å². The molecule has 2 heterocycles. The van der Waals surface area contributed by atoms with Crippen LogP contribution in [-0.4, -0.2) is 65.1 Å². The van der Waals surface area contributed by atoms with Crippen molar-refractivity contribution in [3.05, 3.63) is 11.4 Å². The van der Waals surface area contributed by atoms with Crippen molar-refractivity contribution in [3.8, 4) is 0 Å². The number of piperidine rings is 1. The molecule has 0 atom stereocenters. The van der Waals surface area contributed by atoms with E-state index >= 15 is 0 Å². The number of nitrogens with zero attached hydrogens (tertiary/aromatic N) is 4. The lowest BCUT2D eigenvalue weighted by molar-refractivity contribution is 0.0945. The highest BCUT2D eigenvalue weighted by molar-refractivity contribution is 5.93. The molecule has 1 amide bonds. The first-order valence-electron chi connectivity index (χ1n) is 9.80. The molecule has 2 rings (SSSR count). The summed E-state index contributed by atoms with van der Waals surface area (Å²) in [5.41, 5.74) is 1.35. The fourth-order valence-corrected chi connectivity index (χ4v) is 3.50. The molecule has 0 saturated carbocycles. The first-order valence-corrected chi connectivity index (χ1v) is 9.80. The van der Waals surface area contributed by atoms with E-state index in [0.717, 1.165) is 57.7 Å². The minimum Gasteiger partial charge on any atom is -0.351 e. The van der Waals surface area contributed by atoms with Crippen LogP contribution in [0, 0.1) is 6.92 Å². The lowest BCUT2D eigenvalue weighted by Crippen LogP contribution is -2.32. The van der Waals surface area contributed by atoms with Gasteiger partial charge in [-0.3, -0.25) is 4.79 Å². The molecule has 1 aliphatic heterocycles. The minimum absolute atomic E-state index is 0. The molecule has 0 spiro atoms. The molecule has 0 radical (unpaired) electrons. The Labute approximate surface area is 175 Å². The van der Waals surface area contributed by atoms with Crippen molar-refractivity contribution in [3.63, 3.8) is 0 Å². The number of carbonyl (C=O) groups is 1. The summed E-state index contributed by atoms with van der Waals surface area (Å²) in [5, 5.41) is 14.7. The highest BCUT2D eigenvalue weighted by Crippen LogP contribution is 2.20. The van der Waals surface area contributed by atoms with Gasteiger partial charge in [0, 0.05) is 6.54 Å². The molecule has 1 aliphatic rings. The highest BCUT2D eigenvalue weighted by Gasteiger charge is 2.22. The van der Waals surface area contributed by atoms with Crippen molar-refractivity contribution in [1.82, 2.24) is 30.5 Å². The molecule has 27 heavy (non-hydrogen) atoms. The second-order valence-electron chi connectivity index (χ2n) is 6.90. The van der Waals surface area contributed by atoms with Gasteiger partial charge in [0.25, 0.3) is 5.91 Å². The predicted molar refractivity (Wildman–Crippen MR) is 114 cm³/mol. The van der Waals surface area contributed by atoms with Crippen LogP contribution in [0.1, 0.15) is 68.2 Å². The molecular formula is C18H36Cl2N6O. The molecule has 0 aromatic carbocycles. The molecule has 0 unspecified atom stereocenters. The number of halogens is 2. The van der Waals surface area contributed by atoms with Gasteiger partial charge in [-0.05, 0) is 71.8 Å². The second kappa shape index (κ2) is 14.2. The van der Waals surface area contributed by atoms with Crippen LogP contribution in [0.5, 0.6) is 0 Å². The van der Waals surface area contributed by atoms with E-state index < -0.39 is 0 Å². The summed E-state index contributed by atoms with van der Waals surface area (Å²) >= 11 is 0. The third kappa shape index (κ3) is 7.94. The molecule has 7 nitrogen and oxygen atoms in total. The van der Waals surface area contributed by atoms with Gasteiger partial charge in [0.05, 0.1) is 11.7 Å². The monoisotopic (exact) mass is 422 g/mol. The molecule has 0 bridgehead atoms. The molecule has 1 fully saturated rings. The van der Waals surface area contributed by atoms with E-state index in [-0.39, 0.29) is 30.7 Å². The zero-order valence-electron chi connectivity index (χ0n) is 16.9. The summed E-state index contributed by atoms with van der Waals surface area (Å²) in [5.74, 6) is -0.102. The number of hydrogen-bond donors (Lipinski definition) is 2. The maximum absolute atomic E-state index is 12.4. The Bertz CT molecular complexity index is 528. The van der Waals surface area contributed by atoms with Gasteiger partial charge in [0.15, 0.2) is 5.69 Å². The lowest BCUT2D eigenvalue weighted by Gasteiger charge is -2.23. The Hall–Kier alpha value is -0.890. The Morgan fingerprint density at radius 2 is 1.81 bits per heavy atom. The van der Waals surface area contributed by atoms with Crippen LogP contribution in [0.15, 0.2) is 0 Å². The van der Waals surface area contributed by atoms with Crippen LogP contribution >= 0.6 is 24.8 Å². The quantitative estimate of drug-likeness (QED) is 0.566. The zero-order chi connectivity index (χ0) is 18.1. The fraction of sp³-hybridized carbons (Fsp3) is 0.833. The van der Waals surface area contributed by atoms with Crippen LogP contribution in [-0.2, 0) is 0 Å². The molecule has 158 valence electrons. The first kappa shape index (κ1) is 26.1. The molecule has 2 N–H and O–H groups in total. The van der Waals surface area contributed by atoms with E-state index in [2.05, 4.69) is 39.7 Å². The van der Waals surface area contributed by atoms with Crippen molar-refractivity contribution < 1.29 is 4.79 Å². The van der Waals surface area contributed by atoms with Crippen molar-refractivity contribution in [1.29, 1.82) is 0 Å². The molecule has 1 saturated heterocycles. The van der Waals surface area contributed by atoms with Crippen molar-refractivity contribution >= 4 is 30.7 Å². The van der Waals surface area contributed by atoms with Crippen LogP contribution < -0.4 is 10.6 Å².